The van der Waals surface area contributed by atoms with Crippen LogP contribution < -0.4 is 0 Å². The van der Waals surface area contributed by atoms with Crippen molar-refractivity contribution in [3.8, 4) is 11.8 Å². The van der Waals surface area contributed by atoms with Crippen molar-refractivity contribution in [1.29, 1.82) is 0 Å². The van der Waals surface area contributed by atoms with E-state index in [2.05, 4.69) is 49.6 Å². The fraction of sp³-hybridized carbons (Fsp3) is 0.412. The molecule has 0 saturated heterocycles. The Hall–Kier alpha value is -1.52. The molecule has 1 aromatic carbocycles. The smallest absolute Gasteiger partial charge is 0.0686 e. The zero-order valence-corrected chi connectivity index (χ0v) is 11.4. The molecule has 0 aliphatic carbocycles. The normalized spacial score (nSPS) is 11.5. The molecule has 0 saturated carbocycles. The van der Waals surface area contributed by atoms with E-state index in [1.807, 2.05) is 6.92 Å². The van der Waals surface area contributed by atoms with Gasteiger partial charge in [0.2, 0.25) is 0 Å². The average Bonchev–Trinajstić information content (AvgIpc) is 2.27. The van der Waals surface area contributed by atoms with Gasteiger partial charge < -0.3 is 5.11 Å². The highest BCUT2D eigenvalue weighted by atomic mass is 16.3. The van der Waals surface area contributed by atoms with Crippen molar-refractivity contribution in [3.63, 3.8) is 0 Å². The van der Waals surface area contributed by atoms with Gasteiger partial charge in [-0.15, -0.1) is 18.4 Å². The van der Waals surface area contributed by atoms with E-state index in [9.17, 15) is 5.11 Å². The summed E-state index contributed by atoms with van der Waals surface area (Å²) in [7, 11) is 0. The molecule has 1 aromatic rings. The van der Waals surface area contributed by atoms with Gasteiger partial charge in [0.1, 0.15) is 0 Å². The van der Waals surface area contributed by atoms with Gasteiger partial charge in [0.15, 0.2) is 0 Å². The van der Waals surface area contributed by atoms with E-state index in [0.29, 0.717) is 12.8 Å². The third-order valence-electron chi connectivity index (χ3n) is 2.67. The van der Waals surface area contributed by atoms with Crippen LogP contribution in [0.15, 0.2) is 36.4 Å². The molecule has 1 nitrogen and oxygen atoms in total. The van der Waals surface area contributed by atoms with E-state index in [0.717, 1.165) is 18.4 Å². The van der Waals surface area contributed by atoms with Crippen molar-refractivity contribution in [2.45, 2.75) is 45.6 Å². The summed E-state index contributed by atoms with van der Waals surface area (Å²) in [4.78, 5) is 0. The van der Waals surface area contributed by atoms with Gasteiger partial charge in [-0.1, -0.05) is 35.4 Å². The summed E-state index contributed by atoms with van der Waals surface area (Å²) >= 11 is 0. The largest absolute Gasteiger partial charge is 0.392 e. The van der Waals surface area contributed by atoms with Crippen LogP contribution in [0.3, 0.4) is 0 Å². The van der Waals surface area contributed by atoms with Gasteiger partial charge in [0.25, 0.3) is 0 Å². The number of aryl methyl sites for hydroxylation is 2. The predicted octanol–water partition coefficient (Wildman–Crippen LogP) is 3.65. The number of hydrogen-bond donors (Lipinski definition) is 1. The lowest BCUT2D eigenvalue weighted by Crippen LogP contribution is -2.04. The van der Waals surface area contributed by atoms with Gasteiger partial charge >= 0.3 is 0 Å². The topological polar surface area (TPSA) is 20.2 Å². The molecule has 0 radical (unpaired) electrons. The van der Waals surface area contributed by atoms with E-state index >= 15 is 0 Å². The van der Waals surface area contributed by atoms with Gasteiger partial charge in [-0.2, -0.15) is 0 Å². The third-order valence-corrected chi connectivity index (χ3v) is 2.67. The summed E-state index contributed by atoms with van der Waals surface area (Å²) in [6.45, 7) is 7.80. The van der Waals surface area contributed by atoms with Gasteiger partial charge in [0, 0.05) is 12.8 Å². The number of hydrogen-bond acceptors (Lipinski definition) is 1. The van der Waals surface area contributed by atoms with Crippen LogP contribution >= 0.6 is 0 Å². The third kappa shape index (κ3) is 6.27. The maximum atomic E-state index is 9.61. The van der Waals surface area contributed by atoms with Crippen LogP contribution in [0.2, 0.25) is 0 Å². The lowest BCUT2D eigenvalue weighted by Gasteiger charge is -2.04. The standard InChI is InChI=1S/C17H22O/c1-14(2)12-17(18)11-6-4-5-9-16-10-7-8-15(3)13-16/h7-8,10,13,17-18H,1,5,9,11-12H2,2-3H3/t17-/m1/s1. The molecule has 0 heterocycles. The Morgan fingerprint density at radius 1 is 1.39 bits per heavy atom. The van der Waals surface area contributed by atoms with Gasteiger partial charge in [-0.3, -0.25) is 0 Å². The maximum Gasteiger partial charge on any atom is 0.0686 e. The lowest BCUT2D eigenvalue weighted by atomic mass is 10.1. The van der Waals surface area contributed by atoms with E-state index in [4.69, 9.17) is 0 Å². The van der Waals surface area contributed by atoms with E-state index in [1.54, 1.807) is 0 Å². The Kier molecular flexibility index (Phi) is 6.25. The van der Waals surface area contributed by atoms with Crippen LogP contribution in [-0.2, 0) is 6.42 Å². The molecule has 1 rings (SSSR count). The highest BCUT2D eigenvalue weighted by molar-refractivity contribution is 5.23. The second-order valence-corrected chi connectivity index (χ2v) is 4.86. The van der Waals surface area contributed by atoms with Crippen molar-refractivity contribution in [2.75, 3.05) is 0 Å². The quantitative estimate of drug-likeness (QED) is 0.617. The second kappa shape index (κ2) is 7.74. The SMILES string of the molecule is C=C(C)C[C@H](O)CC#CCCc1cccc(C)c1. The number of benzene rings is 1. The Bertz CT molecular complexity index is 448. The van der Waals surface area contributed by atoms with E-state index in [1.165, 1.54) is 11.1 Å². The molecule has 18 heavy (non-hydrogen) atoms. The molecule has 0 aliphatic rings. The summed E-state index contributed by atoms with van der Waals surface area (Å²) in [6, 6.07) is 8.50. The molecule has 0 aromatic heterocycles. The van der Waals surface area contributed by atoms with Crippen molar-refractivity contribution in [1.82, 2.24) is 0 Å². The molecule has 0 aliphatic heterocycles. The first kappa shape index (κ1) is 14.5. The Morgan fingerprint density at radius 2 is 2.17 bits per heavy atom. The Labute approximate surface area is 111 Å². The molecule has 1 atom stereocenters. The van der Waals surface area contributed by atoms with Crippen LogP contribution in [0.25, 0.3) is 0 Å². The first-order valence-electron chi connectivity index (χ1n) is 6.41. The highest BCUT2D eigenvalue weighted by Gasteiger charge is 2.00. The summed E-state index contributed by atoms with van der Waals surface area (Å²) in [5.74, 6) is 6.15. The van der Waals surface area contributed by atoms with Crippen molar-refractivity contribution in [3.05, 3.63) is 47.5 Å². The lowest BCUT2D eigenvalue weighted by molar-refractivity contribution is 0.180. The molecule has 0 bridgehead atoms. The highest BCUT2D eigenvalue weighted by Crippen LogP contribution is 2.07. The summed E-state index contributed by atoms with van der Waals surface area (Å²) in [5.41, 5.74) is 3.62. The molecule has 1 heteroatoms. The van der Waals surface area contributed by atoms with Crippen molar-refractivity contribution >= 4 is 0 Å². The first-order valence-corrected chi connectivity index (χ1v) is 6.41. The Balaban J connectivity index is 2.28. The monoisotopic (exact) mass is 242 g/mol. The van der Waals surface area contributed by atoms with Crippen LogP contribution in [0, 0.1) is 18.8 Å². The van der Waals surface area contributed by atoms with E-state index < -0.39 is 0 Å². The van der Waals surface area contributed by atoms with Gasteiger partial charge in [-0.25, -0.2) is 0 Å². The van der Waals surface area contributed by atoms with Crippen molar-refractivity contribution in [2.24, 2.45) is 0 Å². The average molecular weight is 242 g/mol. The minimum Gasteiger partial charge on any atom is -0.392 e. The van der Waals surface area contributed by atoms with Crippen LogP contribution in [-0.4, -0.2) is 11.2 Å². The fourth-order valence-corrected chi connectivity index (χ4v) is 1.83. The molecular formula is C17H22O. The summed E-state index contributed by atoms with van der Waals surface area (Å²) < 4.78 is 0. The molecule has 0 amide bonds. The minimum atomic E-state index is -0.367. The molecule has 0 fully saturated rings. The van der Waals surface area contributed by atoms with E-state index in [-0.39, 0.29) is 6.10 Å². The molecular weight excluding hydrogens is 220 g/mol. The molecule has 0 spiro atoms. The second-order valence-electron chi connectivity index (χ2n) is 4.86. The zero-order chi connectivity index (χ0) is 13.4. The minimum absolute atomic E-state index is 0.367. The zero-order valence-electron chi connectivity index (χ0n) is 11.4. The van der Waals surface area contributed by atoms with Crippen LogP contribution in [0.4, 0.5) is 0 Å². The molecule has 96 valence electrons. The number of aliphatic hydroxyl groups is 1. The number of rotatable bonds is 5. The fourth-order valence-electron chi connectivity index (χ4n) is 1.83. The molecule has 1 N–H and O–H groups in total. The first-order chi connectivity index (χ1) is 8.58. The Morgan fingerprint density at radius 3 is 2.83 bits per heavy atom. The van der Waals surface area contributed by atoms with Crippen molar-refractivity contribution < 1.29 is 5.11 Å². The van der Waals surface area contributed by atoms with Crippen LogP contribution in [0.1, 0.15) is 37.3 Å². The maximum absolute atomic E-state index is 9.61. The number of aliphatic hydroxyl groups excluding tert-OH is 1. The summed E-state index contributed by atoms with van der Waals surface area (Å²) in [6.07, 6.45) is 2.65. The summed E-state index contributed by atoms with van der Waals surface area (Å²) in [5, 5.41) is 9.61. The van der Waals surface area contributed by atoms with Crippen LogP contribution in [0.5, 0.6) is 0 Å². The predicted molar refractivity (Wildman–Crippen MR) is 77.3 cm³/mol. The van der Waals surface area contributed by atoms with Gasteiger partial charge in [-0.05, 0) is 32.3 Å². The molecule has 0 unspecified atom stereocenters. The van der Waals surface area contributed by atoms with Gasteiger partial charge in [0.05, 0.1) is 6.10 Å².